The van der Waals surface area contributed by atoms with Crippen LogP contribution in [0.4, 0.5) is 0 Å². The minimum atomic E-state index is -0.788. The van der Waals surface area contributed by atoms with Crippen LogP contribution < -0.4 is 5.73 Å². The topological polar surface area (TPSA) is 79.4 Å². The molecule has 0 saturated carbocycles. The van der Waals surface area contributed by atoms with E-state index in [0.29, 0.717) is 12.0 Å². The molecule has 102 valence electrons. The zero-order chi connectivity index (χ0) is 13.8. The number of aromatic nitrogens is 2. The average Bonchev–Trinajstić information content (AvgIpc) is 2.74. The smallest absolute Gasteiger partial charge is 0.327 e. The van der Waals surface area contributed by atoms with Crippen molar-refractivity contribution < 1.29 is 14.3 Å². The molecule has 6 heteroatoms. The highest BCUT2D eigenvalue weighted by Crippen LogP contribution is 2.14. The Balaban J connectivity index is 2.42. The van der Waals surface area contributed by atoms with Crippen LogP contribution in [0.5, 0.6) is 0 Å². The first-order chi connectivity index (χ1) is 8.35. The van der Waals surface area contributed by atoms with Crippen LogP contribution in [-0.4, -0.2) is 35.1 Å². The van der Waals surface area contributed by atoms with Gasteiger partial charge in [-0.05, 0) is 13.8 Å². The third kappa shape index (κ3) is 4.12. The average molecular weight is 255 g/mol. The third-order valence-electron chi connectivity index (χ3n) is 2.84. The van der Waals surface area contributed by atoms with Crippen molar-refractivity contribution in [2.45, 2.75) is 31.9 Å². The number of carbonyl (C=O) groups excluding carboxylic acids is 1. The lowest BCUT2D eigenvalue weighted by atomic mass is 10.1. The predicted molar refractivity (Wildman–Crippen MR) is 66.8 cm³/mol. The molecular weight excluding hydrogens is 234 g/mol. The summed E-state index contributed by atoms with van der Waals surface area (Å²) in [5, 5.41) is 3.96. The lowest BCUT2D eigenvalue weighted by Gasteiger charge is -2.22. The summed E-state index contributed by atoms with van der Waals surface area (Å²) in [6.07, 6.45) is 3.88. The Morgan fingerprint density at radius 2 is 2.28 bits per heavy atom. The summed E-state index contributed by atoms with van der Waals surface area (Å²) >= 11 is 0. The van der Waals surface area contributed by atoms with E-state index in [9.17, 15) is 4.79 Å². The highest BCUT2D eigenvalue weighted by Gasteiger charge is 2.21. The first-order valence-electron chi connectivity index (χ1n) is 5.81. The SMILES string of the molecule is COC(C)(C)CCOC(=O)C(N)c1cnn(C)c1. The Morgan fingerprint density at radius 1 is 1.61 bits per heavy atom. The van der Waals surface area contributed by atoms with Crippen molar-refractivity contribution in [2.75, 3.05) is 13.7 Å². The molecule has 1 heterocycles. The Hall–Kier alpha value is -1.40. The third-order valence-corrected chi connectivity index (χ3v) is 2.84. The van der Waals surface area contributed by atoms with Crippen LogP contribution in [0.2, 0.25) is 0 Å². The largest absolute Gasteiger partial charge is 0.464 e. The molecule has 2 N–H and O–H groups in total. The Bertz CT molecular complexity index is 401. The van der Waals surface area contributed by atoms with Crippen molar-refractivity contribution >= 4 is 5.97 Å². The Morgan fingerprint density at radius 3 is 2.78 bits per heavy atom. The molecule has 0 amide bonds. The molecule has 6 nitrogen and oxygen atoms in total. The lowest BCUT2D eigenvalue weighted by molar-refractivity contribution is -0.146. The van der Waals surface area contributed by atoms with Gasteiger partial charge in [-0.3, -0.25) is 4.68 Å². The number of aryl methyl sites for hydroxylation is 1. The lowest BCUT2D eigenvalue weighted by Crippen LogP contribution is -2.28. The molecule has 0 bridgehead atoms. The first-order valence-corrected chi connectivity index (χ1v) is 5.81. The van der Waals surface area contributed by atoms with E-state index >= 15 is 0 Å². The zero-order valence-electron chi connectivity index (χ0n) is 11.3. The molecule has 0 aliphatic rings. The standard InChI is InChI=1S/C12H21N3O3/c1-12(2,17-4)5-6-18-11(16)10(13)9-7-14-15(3)8-9/h7-8,10H,5-6,13H2,1-4H3. The van der Waals surface area contributed by atoms with Gasteiger partial charge in [-0.1, -0.05) is 0 Å². The second-order valence-corrected chi connectivity index (χ2v) is 4.81. The second-order valence-electron chi connectivity index (χ2n) is 4.81. The van der Waals surface area contributed by atoms with Crippen LogP contribution in [0, 0.1) is 0 Å². The molecular formula is C12H21N3O3. The summed E-state index contributed by atoms with van der Waals surface area (Å²) in [7, 11) is 3.39. The summed E-state index contributed by atoms with van der Waals surface area (Å²) in [4.78, 5) is 11.7. The minimum absolute atomic E-state index is 0.285. The van der Waals surface area contributed by atoms with Crippen molar-refractivity contribution in [2.24, 2.45) is 12.8 Å². The number of hydrogen-bond acceptors (Lipinski definition) is 5. The van der Waals surface area contributed by atoms with Crippen LogP contribution in [0.1, 0.15) is 31.9 Å². The van der Waals surface area contributed by atoms with Gasteiger partial charge in [-0.15, -0.1) is 0 Å². The quantitative estimate of drug-likeness (QED) is 0.760. The molecule has 1 rings (SSSR count). The fourth-order valence-electron chi connectivity index (χ4n) is 1.33. The highest BCUT2D eigenvalue weighted by molar-refractivity contribution is 5.77. The maximum Gasteiger partial charge on any atom is 0.327 e. The van der Waals surface area contributed by atoms with E-state index in [-0.39, 0.29) is 12.2 Å². The molecule has 18 heavy (non-hydrogen) atoms. The molecule has 1 unspecified atom stereocenters. The minimum Gasteiger partial charge on any atom is -0.464 e. The molecule has 1 aromatic heterocycles. The molecule has 1 aromatic rings. The summed E-state index contributed by atoms with van der Waals surface area (Å²) in [5.74, 6) is -0.449. The summed E-state index contributed by atoms with van der Waals surface area (Å²) in [6.45, 7) is 4.15. The van der Waals surface area contributed by atoms with Gasteiger partial charge in [0.1, 0.15) is 6.04 Å². The van der Waals surface area contributed by atoms with E-state index < -0.39 is 12.0 Å². The van der Waals surface area contributed by atoms with Crippen molar-refractivity contribution in [3.8, 4) is 0 Å². The molecule has 1 atom stereocenters. The maximum atomic E-state index is 11.7. The maximum absolute atomic E-state index is 11.7. The molecule has 0 saturated heterocycles. The van der Waals surface area contributed by atoms with Crippen LogP contribution in [0.3, 0.4) is 0 Å². The number of esters is 1. The predicted octanol–water partition coefficient (Wildman–Crippen LogP) is 0.778. The zero-order valence-corrected chi connectivity index (χ0v) is 11.3. The number of hydrogen-bond donors (Lipinski definition) is 1. The van der Waals surface area contributed by atoms with Gasteiger partial charge in [0, 0.05) is 32.3 Å². The van der Waals surface area contributed by atoms with E-state index in [0.717, 1.165) is 0 Å². The van der Waals surface area contributed by atoms with Crippen molar-refractivity contribution in [1.82, 2.24) is 9.78 Å². The first kappa shape index (κ1) is 14.7. The fourth-order valence-corrected chi connectivity index (χ4v) is 1.33. The molecule has 0 aliphatic carbocycles. The summed E-state index contributed by atoms with van der Waals surface area (Å²) in [6, 6.07) is -0.788. The Kier molecular flexibility index (Phi) is 4.86. The number of rotatable bonds is 6. The van der Waals surface area contributed by atoms with E-state index in [1.54, 1.807) is 31.2 Å². The Labute approximate surface area is 107 Å². The van der Waals surface area contributed by atoms with Gasteiger partial charge in [0.15, 0.2) is 0 Å². The summed E-state index contributed by atoms with van der Waals surface area (Å²) < 4.78 is 11.9. The van der Waals surface area contributed by atoms with Crippen molar-refractivity contribution in [3.63, 3.8) is 0 Å². The van der Waals surface area contributed by atoms with Crippen molar-refractivity contribution in [1.29, 1.82) is 0 Å². The van der Waals surface area contributed by atoms with Gasteiger partial charge < -0.3 is 15.2 Å². The number of nitrogens with zero attached hydrogens (tertiary/aromatic N) is 2. The van der Waals surface area contributed by atoms with E-state index in [1.165, 1.54) is 0 Å². The van der Waals surface area contributed by atoms with Gasteiger partial charge in [0.25, 0.3) is 0 Å². The molecule has 0 radical (unpaired) electrons. The van der Waals surface area contributed by atoms with Crippen LogP contribution in [0.25, 0.3) is 0 Å². The van der Waals surface area contributed by atoms with Crippen molar-refractivity contribution in [3.05, 3.63) is 18.0 Å². The number of carbonyl (C=O) groups is 1. The van der Waals surface area contributed by atoms with E-state index in [4.69, 9.17) is 15.2 Å². The van der Waals surface area contributed by atoms with Crippen LogP contribution in [-0.2, 0) is 21.3 Å². The second kappa shape index (κ2) is 5.97. The monoisotopic (exact) mass is 255 g/mol. The van der Waals surface area contributed by atoms with E-state index in [1.807, 2.05) is 13.8 Å². The van der Waals surface area contributed by atoms with Crippen LogP contribution in [0.15, 0.2) is 12.4 Å². The normalized spacial score (nSPS) is 13.4. The number of methoxy groups -OCH3 is 1. The molecule has 0 spiro atoms. The number of nitrogens with two attached hydrogens (primary N) is 1. The van der Waals surface area contributed by atoms with Crippen LogP contribution >= 0.6 is 0 Å². The van der Waals surface area contributed by atoms with Gasteiger partial charge in [-0.25, -0.2) is 4.79 Å². The van der Waals surface area contributed by atoms with Gasteiger partial charge in [0.2, 0.25) is 0 Å². The molecule has 0 aliphatic heterocycles. The molecule has 0 fully saturated rings. The number of ether oxygens (including phenoxy) is 2. The molecule has 0 aromatic carbocycles. The van der Waals surface area contributed by atoms with Gasteiger partial charge in [-0.2, -0.15) is 5.10 Å². The summed E-state index contributed by atoms with van der Waals surface area (Å²) in [5.41, 5.74) is 6.11. The van der Waals surface area contributed by atoms with E-state index in [2.05, 4.69) is 5.10 Å². The van der Waals surface area contributed by atoms with Gasteiger partial charge >= 0.3 is 5.97 Å². The van der Waals surface area contributed by atoms with Gasteiger partial charge in [0.05, 0.1) is 18.4 Å². The fraction of sp³-hybridized carbons (Fsp3) is 0.667. The highest BCUT2D eigenvalue weighted by atomic mass is 16.5.